The summed E-state index contributed by atoms with van der Waals surface area (Å²) in [6.45, 7) is 0. The van der Waals surface area contributed by atoms with E-state index in [2.05, 4.69) is 12.1 Å². The lowest BCUT2D eigenvalue weighted by atomic mass is 9.93. The molecular weight excluding hydrogens is 232 g/mol. The maximum atomic E-state index is 10.0. The largest absolute Gasteiger partial charge is 0.388 e. The fourth-order valence-corrected chi connectivity index (χ4v) is 2.85. The smallest absolute Gasteiger partial charge is 0.0802 e. The number of aliphatic hydroxyl groups is 1. The predicted octanol–water partition coefficient (Wildman–Crippen LogP) is 3.91. The van der Waals surface area contributed by atoms with Gasteiger partial charge in [-0.1, -0.05) is 48.0 Å². The van der Waals surface area contributed by atoms with Gasteiger partial charge in [0.1, 0.15) is 0 Å². The van der Waals surface area contributed by atoms with Crippen molar-refractivity contribution >= 4 is 11.6 Å². The zero-order chi connectivity index (χ0) is 11.8. The molecule has 0 aromatic heterocycles. The lowest BCUT2D eigenvalue weighted by Gasteiger charge is -2.11. The van der Waals surface area contributed by atoms with Crippen molar-refractivity contribution in [2.75, 3.05) is 0 Å². The van der Waals surface area contributed by atoms with E-state index in [9.17, 15) is 5.11 Å². The van der Waals surface area contributed by atoms with Crippen LogP contribution in [0, 0.1) is 0 Å². The third-order valence-corrected chi connectivity index (χ3v) is 3.68. The van der Waals surface area contributed by atoms with Gasteiger partial charge in [0, 0.05) is 10.9 Å². The fraction of sp³-hybridized carbons (Fsp3) is 0.200. The highest BCUT2D eigenvalue weighted by Gasteiger charge is 2.30. The molecule has 0 heterocycles. The van der Waals surface area contributed by atoms with E-state index in [0.717, 1.165) is 17.0 Å². The van der Waals surface area contributed by atoms with Crippen LogP contribution in [-0.4, -0.2) is 5.11 Å². The van der Waals surface area contributed by atoms with E-state index in [4.69, 9.17) is 11.6 Å². The second kappa shape index (κ2) is 4.17. The minimum absolute atomic E-state index is 0.264. The summed E-state index contributed by atoms with van der Waals surface area (Å²) in [7, 11) is 0. The second-order valence-electron chi connectivity index (χ2n) is 4.49. The SMILES string of the molecule is O[C@H]1C[C@@H](c2cccc(Cl)c2)c2ccccc21. The van der Waals surface area contributed by atoms with Crippen LogP contribution in [0.2, 0.25) is 5.02 Å². The van der Waals surface area contributed by atoms with E-state index in [0.29, 0.717) is 0 Å². The summed E-state index contributed by atoms with van der Waals surface area (Å²) in [6, 6.07) is 16.0. The van der Waals surface area contributed by atoms with Crippen LogP contribution in [0.1, 0.15) is 35.1 Å². The first kappa shape index (κ1) is 10.8. The van der Waals surface area contributed by atoms with Crippen LogP contribution in [0.5, 0.6) is 0 Å². The number of rotatable bonds is 1. The van der Waals surface area contributed by atoms with Crippen LogP contribution in [0.3, 0.4) is 0 Å². The zero-order valence-electron chi connectivity index (χ0n) is 9.31. The molecule has 2 atom stereocenters. The van der Waals surface area contributed by atoms with Gasteiger partial charge in [-0.2, -0.15) is 0 Å². The Balaban J connectivity index is 2.07. The molecule has 0 unspecified atom stereocenters. The van der Waals surface area contributed by atoms with E-state index in [-0.39, 0.29) is 12.0 Å². The van der Waals surface area contributed by atoms with Crippen molar-refractivity contribution in [3.63, 3.8) is 0 Å². The Morgan fingerprint density at radius 3 is 2.53 bits per heavy atom. The van der Waals surface area contributed by atoms with Crippen molar-refractivity contribution < 1.29 is 5.11 Å². The van der Waals surface area contributed by atoms with Crippen molar-refractivity contribution in [3.8, 4) is 0 Å². The van der Waals surface area contributed by atoms with E-state index >= 15 is 0 Å². The number of fused-ring (bicyclic) bond motifs is 1. The lowest BCUT2D eigenvalue weighted by molar-refractivity contribution is 0.176. The molecule has 86 valence electrons. The van der Waals surface area contributed by atoms with Crippen LogP contribution in [-0.2, 0) is 0 Å². The Labute approximate surface area is 106 Å². The van der Waals surface area contributed by atoms with E-state index in [1.54, 1.807) is 0 Å². The van der Waals surface area contributed by atoms with Gasteiger partial charge in [0.15, 0.2) is 0 Å². The molecule has 3 rings (SSSR count). The number of hydrogen-bond donors (Lipinski definition) is 1. The molecule has 0 saturated carbocycles. The van der Waals surface area contributed by atoms with Gasteiger partial charge < -0.3 is 5.11 Å². The first-order valence-electron chi connectivity index (χ1n) is 5.78. The molecule has 0 amide bonds. The molecule has 1 aliphatic rings. The van der Waals surface area contributed by atoms with Crippen molar-refractivity contribution in [1.82, 2.24) is 0 Å². The maximum Gasteiger partial charge on any atom is 0.0802 e. The van der Waals surface area contributed by atoms with Gasteiger partial charge in [-0.3, -0.25) is 0 Å². The molecule has 17 heavy (non-hydrogen) atoms. The molecule has 0 aliphatic heterocycles. The molecule has 1 aliphatic carbocycles. The van der Waals surface area contributed by atoms with E-state index in [1.807, 2.05) is 36.4 Å². The van der Waals surface area contributed by atoms with Crippen LogP contribution in [0.4, 0.5) is 0 Å². The Bertz CT molecular complexity index is 550. The van der Waals surface area contributed by atoms with Crippen molar-refractivity contribution in [2.45, 2.75) is 18.4 Å². The van der Waals surface area contributed by atoms with Gasteiger partial charge in [-0.15, -0.1) is 0 Å². The highest BCUT2D eigenvalue weighted by molar-refractivity contribution is 6.30. The van der Waals surface area contributed by atoms with Crippen molar-refractivity contribution in [2.24, 2.45) is 0 Å². The van der Waals surface area contributed by atoms with Crippen LogP contribution in [0.15, 0.2) is 48.5 Å². The Morgan fingerprint density at radius 2 is 1.76 bits per heavy atom. The van der Waals surface area contributed by atoms with Crippen molar-refractivity contribution in [1.29, 1.82) is 0 Å². The van der Waals surface area contributed by atoms with Gasteiger partial charge in [0.25, 0.3) is 0 Å². The van der Waals surface area contributed by atoms with E-state index < -0.39 is 0 Å². The molecule has 0 saturated heterocycles. The third-order valence-electron chi connectivity index (χ3n) is 3.44. The normalized spacial score (nSPS) is 22.5. The van der Waals surface area contributed by atoms with Crippen LogP contribution >= 0.6 is 11.6 Å². The predicted molar refractivity (Wildman–Crippen MR) is 69.3 cm³/mol. The quantitative estimate of drug-likeness (QED) is 0.807. The fourth-order valence-electron chi connectivity index (χ4n) is 2.65. The van der Waals surface area contributed by atoms with Gasteiger partial charge in [0.2, 0.25) is 0 Å². The Kier molecular flexibility index (Phi) is 2.65. The summed E-state index contributed by atoms with van der Waals surface area (Å²) >= 11 is 6.02. The Morgan fingerprint density at radius 1 is 1.00 bits per heavy atom. The molecular formula is C15H13ClO. The monoisotopic (exact) mass is 244 g/mol. The van der Waals surface area contributed by atoms with Crippen LogP contribution in [0.25, 0.3) is 0 Å². The summed E-state index contributed by atoms with van der Waals surface area (Å²) < 4.78 is 0. The van der Waals surface area contributed by atoms with Crippen molar-refractivity contribution in [3.05, 3.63) is 70.2 Å². The minimum Gasteiger partial charge on any atom is -0.388 e. The summed E-state index contributed by atoms with van der Waals surface area (Å²) in [6.07, 6.45) is 0.398. The van der Waals surface area contributed by atoms with Crippen LogP contribution < -0.4 is 0 Å². The molecule has 2 aromatic rings. The number of halogens is 1. The van der Waals surface area contributed by atoms with Gasteiger partial charge in [0.05, 0.1) is 6.10 Å². The number of aliphatic hydroxyl groups excluding tert-OH is 1. The highest BCUT2D eigenvalue weighted by Crippen LogP contribution is 2.43. The molecule has 0 radical (unpaired) electrons. The summed E-state index contributed by atoms with van der Waals surface area (Å²) in [5.74, 6) is 0.264. The molecule has 0 fully saturated rings. The zero-order valence-corrected chi connectivity index (χ0v) is 10.1. The second-order valence-corrected chi connectivity index (χ2v) is 4.92. The summed E-state index contributed by atoms with van der Waals surface area (Å²) in [4.78, 5) is 0. The first-order valence-corrected chi connectivity index (χ1v) is 6.16. The lowest BCUT2D eigenvalue weighted by Crippen LogP contribution is -1.96. The standard InChI is InChI=1S/C15H13ClO/c16-11-5-3-4-10(8-11)14-9-15(17)13-7-2-1-6-12(13)14/h1-8,14-15,17H,9H2/t14-,15-/m0/s1. The van der Waals surface area contributed by atoms with Gasteiger partial charge in [-0.25, -0.2) is 0 Å². The molecule has 2 aromatic carbocycles. The molecule has 1 nitrogen and oxygen atoms in total. The average Bonchev–Trinajstić information content (AvgIpc) is 2.68. The molecule has 0 spiro atoms. The number of hydrogen-bond acceptors (Lipinski definition) is 1. The topological polar surface area (TPSA) is 20.2 Å². The van der Waals surface area contributed by atoms with Gasteiger partial charge >= 0.3 is 0 Å². The third kappa shape index (κ3) is 1.86. The summed E-state index contributed by atoms with van der Waals surface area (Å²) in [5, 5.41) is 10.8. The molecule has 1 N–H and O–H groups in total. The Hall–Kier alpha value is -1.31. The molecule has 2 heteroatoms. The minimum atomic E-state index is -0.352. The number of benzene rings is 2. The van der Waals surface area contributed by atoms with Gasteiger partial charge in [-0.05, 0) is 35.2 Å². The maximum absolute atomic E-state index is 10.0. The first-order chi connectivity index (χ1) is 8.25. The summed E-state index contributed by atoms with van der Waals surface area (Å²) in [5.41, 5.74) is 3.46. The van der Waals surface area contributed by atoms with E-state index in [1.165, 1.54) is 11.1 Å². The average molecular weight is 245 g/mol. The molecule has 0 bridgehead atoms. The highest BCUT2D eigenvalue weighted by atomic mass is 35.5.